The maximum absolute atomic E-state index is 5.97. The second kappa shape index (κ2) is 11.1. The molecular weight excluding hydrogens is 314 g/mol. The van der Waals surface area contributed by atoms with Gasteiger partial charge in [0.2, 0.25) is 0 Å². The topological polar surface area (TPSA) is 54.9 Å². The molecule has 140 valence electrons. The van der Waals surface area contributed by atoms with Crippen LogP contribution in [0.5, 0.6) is 0 Å². The summed E-state index contributed by atoms with van der Waals surface area (Å²) in [7, 11) is 0. The second-order valence-electron chi connectivity index (χ2n) is 6.59. The quantitative estimate of drug-likeness (QED) is 0.560. The molecule has 2 N–H and O–H groups in total. The molecule has 1 aliphatic heterocycles. The van der Waals surface area contributed by atoms with Crippen molar-refractivity contribution in [1.29, 1.82) is 0 Å². The van der Waals surface area contributed by atoms with Crippen LogP contribution in [0, 0.1) is 0 Å². The zero-order chi connectivity index (χ0) is 17.9. The Morgan fingerprint density at radius 2 is 1.88 bits per heavy atom. The van der Waals surface area contributed by atoms with Crippen LogP contribution in [-0.2, 0) is 22.6 Å². The molecule has 2 rings (SSSR count). The molecule has 1 aliphatic rings. The lowest BCUT2D eigenvalue weighted by Gasteiger charge is -2.22. The molecule has 0 aliphatic carbocycles. The number of hydrogen-bond donors (Lipinski definition) is 2. The molecule has 5 heteroatoms. The van der Waals surface area contributed by atoms with Crippen molar-refractivity contribution in [3.63, 3.8) is 0 Å². The minimum absolute atomic E-state index is 0.340. The first kappa shape index (κ1) is 19.7. The van der Waals surface area contributed by atoms with Crippen LogP contribution in [-0.4, -0.2) is 37.9 Å². The Hall–Kier alpha value is -1.59. The first-order valence-electron chi connectivity index (χ1n) is 9.53. The number of nitrogens with one attached hydrogen (secondary N) is 2. The van der Waals surface area contributed by atoms with E-state index in [-0.39, 0.29) is 0 Å². The summed E-state index contributed by atoms with van der Waals surface area (Å²) in [6.07, 6.45) is 3.42. The lowest BCUT2D eigenvalue weighted by atomic mass is 10.1. The average Bonchev–Trinajstić information content (AvgIpc) is 2.66. The van der Waals surface area contributed by atoms with Gasteiger partial charge in [0.15, 0.2) is 5.96 Å². The largest absolute Gasteiger partial charge is 0.381 e. The van der Waals surface area contributed by atoms with Gasteiger partial charge in [-0.3, -0.25) is 0 Å². The molecular formula is C20H33N3O2. The van der Waals surface area contributed by atoms with Crippen molar-refractivity contribution in [3.8, 4) is 0 Å². The lowest BCUT2D eigenvalue weighted by molar-refractivity contribution is -0.0390. The molecule has 1 aromatic carbocycles. The number of ether oxygens (including phenoxy) is 2. The van der Waals surface area contributed by atoms with Gasteiger partial charge in [-0.25, -0.2) is 4.99 Å². The smallest absolute Gasteiger partial charge is 0.191 e. The minimum Gasteiger partial charge on any atom is -0.381 e. The van der Waals surface area contributed by atoms with Crippen molar-refractivity contribution < 1.29 is 9.47 Å². The third-order valence-corrected chi connectivity index (χ3v) is 4.44. The van der Waals surface area contributed by atoms with Crippen molar-refractivity contribution in [2.45, 2.75) is 65.3 Å². The van der Waals surface area contributed by atoms with E-state index in [2.05, 4.69) is 60.7 Å². The summed E-state index contributed by atoms with van der Waals surface area (Å²) in [5.74, 6) is 0.878. The normalized spacial score (nSPS) is 17.3. The molecule has 1 fully saturated rings. The van der Waals surface area contributed by atoms with E-state index in [1.54, 1.807) is 0 Å². The fourth-order valence-electron chi connectivity index (χ4n) is 2.62. The number of hydrogen-bond acceptors (Lipinski definition) is 3. The van der Waals surface area contributed by atoms with Gasteiger partial charge in [-0.05, 0) is 44.2 Å². The predicted octanol–water partition coefficient (Wildman–Crippen LogP) is 3.24. The van der Waals surface area contributed by atoms with E-state index < -0.39 is 0 Å². The third-order valence-electron chi connectivity index (χ3n) is 4.44. The van der Waals surface area contributed by atoms with Gasteiger partial charge in [0.1, 0.15) is 0 Å². The molecule has 5 nitrogen and oxygen atoms in total. The van der Waals surface area contributed by atoms with E-state index >= 15 is 0 Å². The first-order chi connectivity index (χ1) is 12.2. The van der Waals surface area contributed by atoms with Crippen LogP contribution in [0.15, 0.2) is 29.3 Å². The molecule has 0 saturated carbocycles. The number of nitrogens with zero attached hydrogens (tertiary/aromatic N) is 1. The standard InChI is InChI=1S/C20H33N3O2/c1-4-16(3)23-20(21-5-2)22-14-17-6-8-18(9-7-17)15-25-19-10-12-24-13-11-19/h6-9,16,19H,4-5,10-15H2,1-3H3,(H2,21,22,23). The van der Waals surface area contributed by atoms with Gasteiger partial charge in [0.05, 0.1) is 19.3 Å². The van der Waals surface area contributed by atoms with Gasteiger partial charge in [0.25, 0.3) is 0 Å². The number of aliphatic imine (C=N–C) groups is 1. The molecule has 1 aromatic rings. The molecule has 25 heavy (non-hydrogen) atoms. The van der Waals surface area contributed by atoms with Gasteiger partial charge in [-0.15, -0.1) is 0 Å². The monoisotopic (exact) mass is 347 g/mol. The first-order valence-corrected chi connectivity index (χ1v) is 9.53. The summed E-state index contributed by atoms with van der Waals surface area (Å²) in [6, 6.07) is 8.97. The van der Waals surface area contributed by atoms with Crippen LogP contribution in [0.1, 0.15) is 51.2 Å². The molecule has 1 saturated heterocycles. The average molecular weight is 348 g/mol. The molecule has 0 amide bonds. The Bertz CT molecular complexity index is 510. The highest BCUT2D eigenvalue weighted by atomic mass is 16.5. The van der Waals surface area contributed by atoms with Gasteiger partial charge >= 0.3 is 0 Å². The Morgan fingerprint density at radius 1 is 1.20 bits per heavy atom. The van der Waals surface area contributed by atoms with E-state index in [9.17, 15) is 0 Å². The maximum atomic E-state index is 5.97. The molecule has 1 atom stereocenters. The molecule has 0 radical (unpaired) electrons. The van der Waals surface area contributed by atoms with Crippen LogP contribution in [0.25, 0.3) is 0 Å². The molecule has 1 unspecified atom stereocenters. The molecule has 0 spiro atoms. The van der Waals surface area contributed by atoms with Crippen molar-refractivity contribution in [3.05, 3.63) is 35.4 Å². The van der Waals surface area contributed by atoms with Gasteiger partial charge in [-0.2, -0.15) is 0 Å². The van der Waals surface area contributed by atoms with E-state index in [0.29, 0.717) is 25.3 Å². The minimum atomic E-state index is 0.340. The second-order valence-corrected chi connectivity index (χ2v) is 6.59. The highest BCUT2D eigenvalue weighted by Gasteiger charge is 2.13. The van der Waals surface area contributed by atoms with Gasteiger partial charge in [0, 0.05) is 25.8 Å². The Kier molecular flexibility index (Phi) is 8.77. The molecule has 1 heterocycles. The van der Waals surface area contributed by atoms with Gasteiger partial charge < -0.3 is 20.1 Å². The Labute approximate surface area is 152 Å². The molecule has 0 aromatic heterocycles. The lowest BCUT2D eigenvalue weighted by Crippen LogP contribution is -2.41. The van der Waals surface area contributed by atoms with Crippen molar-refractivity contribution in [1.82, 2.24) is 10.6 Å². The van der Waals surface area contributed by atoms with Crippen molar-refractivity contribution >= 4 is 5.96 Å². The fraction of sp³-hybridized carbons (Fsp3) is 0.650. The van der Waals surface area contributed by atoms with Crippen molar-refractivity contribution in [2.75, 3.05) is 19.8 Å². The number of guanidine groups is 1. The number of rotatable bonds is 8. The highest BCUT2D eigenvalue weighted by molar-refractivity contribution is 5.80. The van der Waals surface area contributed by atoms with Gasteiger partial charge in [-0.1, -0.05) is 31.2 Å². The van der Waals surface area contributed by atoms with Crippen LogP contribution < -0.4 is 10.6 Å². The summed E-state index contributed by atoms with van der Waals surface area (Å²) < 4.78 is 11.3. The Balaban J connectivity index is 1.82. The summed E-state index contributed by atoms with van der Waals surface area (Å²) >= 11 is 0. The van der Waals surface area contributed by atoms with Crippen LogP contribution in [0.3, 0.4) is 0 Å². The third kappa shape index (κ3) is 7.45. The van der Waals surface area contributed by atoms with Crippen molar-refractivity contribution in [2.24, 2.45) is 4.99 Å². The zero-order valence-electron chi connectivity index (χ0n) is 15.9. The SMILES string of the molecule is CCNC(=NCc1ccc(COC2CCOCC2)cc1)NC(C)CC. The predicted molar refractivity (Wildman–Crippen MR) is 103 cm³/mol. The van der Waals surface area contributed by atoms with E-state index in [1.165, 1.54) is 11.1 Å². The van der Waals surface area contributed by atoms with E-state index in [1.807, 2.05) is 0 Å². The molecule has 0 bridgehead atoms. The zero-order valence-corrected chi connectivity index (χ0v) is 15.9. The summed E-state index contributed by atoms with van der Waals surface area (Å²) in [4.78, 5) is 4.67. The maximum Gasteiger partial charge on any atom is 0.191 e. The van der Waals surface area contributed by atoms with Crippen LogP contribution in [0.2, 0.25) is 0 Å². The summed E-state index contributed by atoms with van der Waals surface area (Å²) in [5, 5.41) is 6.71. The van der Waals surface area contributed by atoms with E-state index in [0.717, 1.165) is 45.0 Å². The Morgan fingerprint density at radius 3 is 2.52 bits per heavy atom. The summed E-state index contributed by atoms with van der Waals surface area (Å²) in [6.45, 7) is 10.3. The fourth-order valence-corrected chi connectivity index (χ4v) is 2.62. The van der Waals surface area contributed by atoms with Crippen LogP contribution >= 0.6 is 0 Å². The highest BCUT2D eigenvalue weighted by Crippen LogP contribution is 2.14. The van der Waals surface area contributed by atoms with E-state index in [4.69, 9.17) is 9.47 Å². The number of benzene rings is 1. The summed E-state index contributed by atoms with van der Waals surface area (Å²) in [5.41, 5.74) is 2.42. The van der Waals surface area contributed by atoms with Crippen LogP contribution in [0.4, 0.5) is 0 Å².